The van der Waals surface area contributed by atoms with E-state index in [9.17, 15) is 8.42 Å². The van der Waals surface area contributed by atoms with E-state index in [4.69, 9.17) is 18.8 Å². The molecule has 2 aliphatic rings. The first kappa shape index (κ1) is 18.5. The Kier molecular flexibility index (Phi) is 4.35. The average molecular weight is 398 g/mol. The fraction of sp³-hybridized carbons (Fsp3) is 0.667. The molecule has 1 saturated carbocycles. The molecule has 4 atom stereocenters. The SMILES string of the molecule is CNc1ncnc2c1ncn2[C@@H]1C[C@H](COS(N)(=O)=O)[C@H]2OC(C)(C)O[C@H]21. The molecule has 0 aromatic carbocycles. The molecular formula is C15H22N6O5S. The highest BCUT2D eigenvalue weighted by Gasteiger charge is 2.55. The van der Waals surface area contributed by atoms with Gasteiger partial charge in [-0.2, -0.15) is 8.42 Å². The van der Waals surface area contributed by atoms with Crippen molar-refractivity contribution in [3.05, 3.63) is 12.7 Å². The van der Waals surface area contributed by atoms with E-state index in [0.717, 1.165) is 0 Å². The number of anilines is 1. The van der Waals surface area contributed by atoms with Crippen LogP contribution in [0.25, 0.3) is 11.2 Å². The molecule has 3 N–H and O–H groups in total. The lowest BCUT2D eigenvalue weighted by Gasteiger charge is -2.24. The van der Waals surface area contributed by atoms with Gasteiger partial charge >= 0.3 is 10.3 Å². The van der Waals surface area contributed by atoms with Gasteiger partial charge in [0.2, 0.25) is 0 Å². The first-order valence-electron chi connectivity index (χ1n) is 8.56. The van der Waals surface area contributed by atoms with Crippen LogP contribution in [0.2, 0.25) is 0 Å². The standard InChI is InChI=1S/C15H22N6O5S/c1-15(2)25-11-8(5-24-27(16,22)23)4-9(12(11)26-15)21-7-20-10-13(17-3)18-6-19-14(10)21/h6-9,11-12H,4-5H2,1-3H3,(H2,16,22,23)(H,17,18,19)/t8-,9-,11-,12+/m1/s1. The molecule has 0 amide bonds. The maximum absolute atomic E-state index is 11.2. The third-order valence-electron chi connectivity index (χ3n) is 4.95. The second-order valence-corrected chi connectivity index (χ2v) is 8.42. The Balaban J connectivity index is 1.68. The van der Waals surface area contributed by atoms with Gasteiger partial charge in [-0.15, -0.1) is 0 Å². The van der Waals surface area contributed by atoms with Crippen LogP contribution in [-0.2, 0) is 24.0 Å². The van der Waals surface area contributed by atoms with Crippen LogP contribution < -0.4 is 10.5 Å². The summed E-state index contributed by atoms with van der Waals surface area (Å²) in [5.41, 5.74) is 1.32. The smallest absolute Gasteiger partial charge is 0.333 e. The van der Waals surface area contributed by atoms with Crippen molar-refractivity contribution < 1.29 is 22.1 Å². The zero-order valence-corrected chi connectivity index (χ0v) is 16.0. The van der Waals surface area contributed by atoms with E-state index in [1.165, 1.54) is 6.33 Å². The summed E-state index contributed by atoms with van der Waals surface area (Å²) in [5.74, 6) is -0.357. The molecule has 3 heterocycles. The van der Waals surface area contributed by atoms with Gasteiger partial charge in [-0.05, 0) is 20.3 Å². The Hall–Kier alpha value is -1.86. The number of fused-ring (bicyclic) bond motifs is 2. The fourth-order valence-corrected chi connectivity index (χ4v) is 4.32. The van der Waals surface area contributed by atoms with Crippen LogP contribution in [0.4, 0.5) is 5.82 Å². The Labute approximate surface area is 156 Å². The van der Waals surface area contributed by atoms with Gasteiger partial charge in [-0.1, -0.05) is 0 Å². The first-order chi connectivity index (χ1) is 12.7. The van der Waals surface area contributed by atoms with E-state index in [0.29, 0.717) is 23.4 Å². The van der Waals surface area contributed by atoms with Crippen molar-refractivity contribution in [1.29, 1.82) is 0 Å². The van der Waals surface area contributed by atoms with E-state index in [2.05, 4.69) is 20.3 Å². The molecule has 0 spiro atoms. The minimum absolute atomic E-state index is 0.0701. The summed E-state index contributed by atoms with van der Waals surface area (Å²) in [5, 5.41) is 7.97. The minimum Gasteiger partial charge on any atom is -0.371 e. The van der Waals surface area contributed by atoms with Crippen LogP contribution in [0.1, 0.15) is 26.3 Å². The molecule has 0 unspecified atom stereocenters. The molecule has 11 nitrogen and oxygen atoms in total. The van der Waals surface area contributed by atoms with E-state index in [1.807, 2.05) is 18.4 Å². The molecule has 1 aliphatic heterocycles. The molecule has 2 fully saturated rings. The average Bonchev–Trinajstić information content (AvgIpc) is 3.22. The number of nitrogens with zero attached hydrogens (tertiary/aromatic N) is 4. The van der Waals surface area contributed by atoms with Gasteiger partial charge in [0.05, 0.1) is 25.1 Å². The van der Waals surface area contributed by atoms with Gasteiger partial charge < -0.3 is 19.4 Å². The zero-order chi connectivity index (χ0) is 19.4. The van der Waals surface area contributed by atoms with Gasteiger partial charge in [0.1, 0.15) is 17.9 Å². The minimum atomic E-state index is -4.03. The number of hydrogen-bond donors (Lipinski definition) is 2. The molecule has 27 heavy (non-hydrogen) atoms. The summed E-state index contributed by atoms with van der Waals surface area (Å²) >= 11 is 0. The number of imidazole rings is 1. The van der Waals surface area contributed by atoms with Crippen LogP contribution in [0.15, 0.2) is 12.7 Å². The first-order valence-corrected chi connectivity index (χ1v) is 10.0. The predicted molar refractivity (Wildman–Crippen MR) is 94.9 cm³/mol. The number of hydrogen-bond acceptors (Lipinski definition) is 9. The summed E-state index contributed by atoms with van der Waals surface area (Å²) in [6, 6.07) is -0.143. The second kappa shape index (κ2) is 6.34. The second-order valence-electron chi connectivity index (χ2n) is 7.20. The number of nitrogens with one attached hydrogen (secondary N) is 1. The number of rotatable bonds is 5. The van der Waals surface area contributed by atoms with Crippen molar-refractivity contribution >= 4 is 27.3 Å². The van der Waals surface area contributed by atoms with Crippen LogP contribution in [0.3, 0.4) is 0 Å². The molecule has 0 bridgehead atoms. The van der Waals surface area contributed by atoms with Crippen molar-refractivity contribution in [3.63, 3.8) is 0 Å². The highest BCUT2D eigenvalue weighted by atomic mass is 32.2. The lowest BCUT2D eigenvalue weighted by Crippen LogP contribution is -2.30. The lowest BCUT2D eigenvalue weighted by atomic mass is 10.1. The van der Waals surface area contributed by atoms with E-state index >= 15 is 0 Å². The highest BCUT2D eigenvalue weighted by molar-refractivity contribution is 7.84. The van der Waals surface area contributed by atoms with Crippen LogP contribution >= 0.6 is 0 Å². The number of nitrogens with two attached hydrogens (primary N) is 1. The number of ether oxygens (including phenoxy) is 2. The summed E-state index contributed by atoms with van der Waals surface area (Å²) in [6.45, 7) is 3.58. The Bertz CT molecular complexity index is 961. The van der Waals surface area contributed by atoms with Crippen LogP contribution in [0.5, 0.6) is 0 Å². The summed E-state index contributed by atoms with van der Waals surface area (Å²) in [7, 11) is -2.26. The normalized spacial score (nSPS) is 29.9. The molecule has 148 valence electrons. The van der Waals surface area contributed by atoms with E-state index < -0.39 is 16.1 Å². The highest BCUT2D eigenvalue weighted by Crippen LogP contribution is 2.47. The molecule has 1 saturated heterocycles. The Morgan fingerprint density at radius 2 is 2.07 bits per heavy atom. The Morgan fingerprint density at radius 1 is 1.33 bits per heavy atom. The van der Waals surface area contributed by atoms with Gasteiger partial charge in [0.25, 0.3) is 0 Å². The molecular weight excluding hydrogens is 376 g/mol. The topological polar surface area (TPSA) is 143 Å². The third kappa shape index (κ3) is 3.38. The van der Waals surface area contributed by atoms with Crippen molar-refractivity contribution in [1.82, 2.24) is 19.5 Å². The van der Waals surface area contributed by atoms with E-state index in [1.54, 1.807) is 13.4 Å². The summed E-state index contributed by atoms with van der Waals surface area (Å²) in [4.78, 5) is 13.0. The predicted octanol–water partition coefficient (Wildman–Crippen LogP) is 0.169. The number of aromatic nitrogens is 4. The zero-order valence-electron chi connectivity index (χ0n) is 15.2. The molecule has 1 aliphatic carbocycles. The van der Waals surface area contributed by atoms with Crippen molar-refractivity contribution in [2.45, 2.75) is 44.3 Å². The van der Waals surface area contributed by atoms with Gasteiger partial charge in [-0.25, -0.2) is 20.1 Å². The molecule has 2 aromatic heterocycles. The largest absolute Gasteiger partial charge is 0.371 e. The lowest BCUT2D eigenvalue weighted by molar-refractivity contribution is -0.161. The fourth-order valence-electron chi connectivity index (χ4n) is 3.95. The van der Waals surface area contributed by atoms with Crippen molar-refractivity contribution in [3.8, 4) is 0 Å². The maximum Gasteiger partial charge on any atom is 0.333 e. The van der Waals surface area contributed by atoms with Gasteiger partial charge in [-0.3, -0.25) is 4.18 Å². The molecule has 0 radical (unpaired) electrons. The van der Waals surface area contributed by atoms with E-state index in [-0.39, 0.29) is 30.8 Å². The van der Waals surface area contributed by atoms with Gasteiger partial charge in [0, 0.05) is 13.0 Å². The monoisotopic (exact) mass is 398 g/mol. The third-order valence-corrected chi connectivity index (χ3v) is 5.42. The maximum atomic E-state index is 11.2. The molecule has 2 aromatic rings. The van der Waals surface area contributed by atoms with Crippen LogP contribution in [0, 0.1) is 5.92 Å². The van der Waals surface area contributed by atoms with Crippen molar-refractivity contribution in [2.75, 3.05) is 19.0 Å². The molecule has 12 heteroatoms. The molecule has 4 rings (SSSR count). The Morgan fingerprint density at radius 3 is 2.78 bits per heavy atom. The van der Waals surface area contributed by atoms with Crippen molar-refractivity contribution in [2.24, 2.45) is 11.1 Å². The summed E-state index contributed by atoms with van der Waals surface area (Å²) < 4.78 is 41.3. The quantitative estimate of drug-likeness (QED) is 0.720. The van der Waals surface area contributed by atoms with Gasteiger partial charge in [0.15, 0.2) is 17.3 Å². The summed E-state index contributed by atoms with van der Waals surface area (Å²) in [6.07, 6.45) is 3.12. The van der Waals surface area contributed by atoms with Crippen LogP contribution in [-0.4, -0.2) is 59.6 Å².